The largest absolute Gasteiger partial charge is 0.367 e. The Morgan fingerprint density at radius 1 is 1.21 bits per heavy atom. The minimum Gasteiger partial charge on any atom is -0.367 e. The van der Waals surface area contributed by atoms with Gasteiger partial charge in [0.05, 0.1) is 35.9 Å². The molecule has 1 saturated heterocycles. The van der Waals surface area contributed by atoms with Crippen molar-refractivity contribution >= 4 is 28.3 Å². The number of hydrogen-bond acceptors (Lipinski definition) is 6. The van der Waals surface area contributed by atoms with Gasteiger partial charge >= 0.3 is 0 Å². The zero-order chi connectivity index (χ0) is 24.2. The predicted octanol–water partition coefficient (Wildman–Crippen LogP) is 3.58. The molecule has 0 N–H and O–H groups in total. The van der Waals surface area contributed by atoms with Crippen LogP contribution in [0, 0.1) is 12.7 Å². The molecule has 5 rings (SSSR count). The average Bonchev–Trinajstić information content (AvgIpc) is 3.24. The molecule has 34 heavy (non-hydrogen) atoms. The topological polar surface area (TPSA) is 78.1 Å². The lowest BCUT2D eigenvalue weighted by Crippen LogP contribution is -2.48. The van der Waals surface area contributed by atoms with Crippen molar-refractivity contribution in [2.75, 3.05) is 24.6 Å². The van der Waals surface area contributed by atoms with Gasteiger partial charge in [-0.15, -0.1) is 0 Å². The Hall–Kier alpha value is -3.30. The summed E-state index contributed by atoms with van der Waals surface area (Å²) >= 11 is 5.98. The third-order valence-electron chi connectivity index (χ3n) is 6.37. The van der Waals surface area contributed by atoms with Crippen molar-refractivity contribution in [3.8, 4) is 11.3 Å². The van der Waals surface area contributed by atoms with Gasteiger partial charge < -0.3 is 9.64 Å². The Labute approximate surface area is 200 Å². The van der Waals surface area contributed by atoms with E-state index in [0.29, 0.717) is 36.9 Å². The van der Waals surface area contributed by atoms with E-state index >= 15 is 0 Å². The lowest BCUT2D eigenvalue weighted by Gasteiger charge is -2.40. The van der Waals surface area contributed by atoms with Crippen LogP contribution in [0.5, 0.6) is 0 Å². The van der Waals surface area contributed by atoms with Crippen LogP contribution in [0.1, 0.15) is 18.3 Å². The number of anilines is 1. The molecule has 1 atom stereocenters. The fraction of sp³-hybridized carbons (Fsp3) is 0.333. The van der Waals surface area contributed by atoms with Crippen LogP contribution in [0.15, 0.2) is 41.5 Å². The van der Waals surface area contributed by atoms with Gasteiger partial charge in [0.15, 0.2) is 0 Å². The highest BCUT2D eigenvalue weighted by Crippen LogP contribution is 2.34. The number of halogens is 2. The lowest BCUT2D eigenvalue weighted by atomic mass is 9.97. The first kappa shape index (κ1) is 22.5. The third kappa shape index (κ3) is 3.74. The minimum absolute atomic E-state index is 0.197. The molecule has 8 nitrogen and oxygen atoms in total. The van der Waals surface area contributed by atoms with E-state index in [1.807, 2.05) is 20.2 Å². The highest BCUT2D eigenvalue weighted by molar-refractivity contribution is 6.30. The number of pyridine rings is 1. The second kappa shape index (κ2) is 8.18. The summed E-state index contributed by atoms with van der Waals surface area (Å²) in [5.41, 5.74) is 0.960. The summed E-state index contributed by atoms with van der Waals surface area (Å²) in [5.74, 6) is 0.595. The van der Waals surface area contributed by atoms with Crippen molar-refractivity contribution in [3.05, 3.63) is 69.2 Å². The van der Waals surface area contributed by atoms with E-state index in [9.17, 15) is 9.18 Å². The quantitative estimate of drug-likeness (QED) is 0.444. The maximum absolute atomic E-state index is 15.0. The molecule has 4 heterocycles. The summed E-state index contributed by atoms with van der Waals surface area (Å²) in [6.07, 6.45) is 3.72. The minimum atomic E-state index is -0.606. The van der Waals surface area contributed by atoms with Gasteiger partial charge in [-0.3, -0.25) is 14.0 Å². The van der Waals surface area contributed by atoms with E-state index < -0.39 is 11.4 Å². The number of ether oxygens (including phenoxy) is 1. The number of hydrogen-bond donors (Lipinski definition) is 0. The normalized spacial score (nSPS) is 18.6. The average molecular weight is 483 g/mol. The van der Waals surface area contributed by atoms with Gasteiger partial charge in [-0.1, -0.05) is 11.6 Å². The molecule has 0 aliphatic carbocycles. The van der Waals surface area contributed by atoms with Gasteiger partial charge in [0.2, 0.25) is 0 Å². The molecular formula is C24H24ClFN6O2. The number of aromatic nitrogens is 5. The fourth-order valence-corrected chi connectivity index (χ4v) is 4.51. The predicted molar refractivity (Wildman–Crippen MR) is 129 cm³/mol. The summed E-state index contributed by atoms with van der Waals surface area (Å²) in [6, 6.07) is 6.13. The smallest absolute Gasteiger partial charge is 0.263 e. The van der Waals surface area contributed by atoms with Gasteiger partial charge in [0.1, 0.15) is 23.1 Å². The van der Waals surface area contributed by atoms with E-state index in [-0.39, 0.29) is 27.2 Å². The molecule has 1 fully saturated rings. The second-order valence-corrected chi connectivity index (χ2v) is 9.21. The molecule has 1 aliphatic rings. The van der Waals surface area contributed by atoms with Crippen LogP contribution in [0.4, 0.5) is 10.2 Å². The molecule has 0 bridgehead atoms. The molecule has 0 amide bonds. The highest BCUT2D eigenvalue weighted by Gasteiger charge is 2.36. The molecule has 0 saturated carbocycles. The van der Waals surface area contributed by atoms with Gasteiger partial charge in [-0.05, 0) is 32.0 Å². The van der Waals surface area contributed by atoms with Crippen molar-refractivity contribution in [1.29, 1.82) is 0 Å². The molecule has 3 aromatic heterocycles. The van der Waals surface area contributed by atoms with E-state index in [2.05, 4.69) is 15.0 Å². The number of morpholine rings is 1. The molecule has 4 aromatic rings. The molecule has 0 spiro atoms. The molecule has 1 unspecified atom stereocenters. The summed E-state index contributed by atoms with van der Waals surface area (Å²) in [4.78, 5) is 24.7. The zero-order valence-electron chi connectivity index (χ0n) is 19.3. The third-order valence-corrected chi connectivity index (χ3v) is 6.61. The Morgan fingerprint density at radius 3 is 2.71 bits per heavy atom. The number of nitrogens with zero attached hydrogens (tertiary/aromatic N) is 6. The summed E-state index contributed by atoms with van der Waals surface area (Å²) in [7, 11) is 3.50. The van der Waals surface area contributed by atoms with Crippen LogP contribution in [-0.2, 0) is 24.4 Å². The van der Waals surface area contributed by atoms with E-state index in [4.69, 9.17) is 21.3 Å². The summed E-state index contributed by atoms with van der Waals surface area (Å²) < 4.78 is 24.3. The lowest BCUT2D eigenvalue weighted by molar-refractivity contribution is -0.0468. The van der Waals surface area contributed by atoms with Crippen LogP contribution < -0.4 is 10.5 Å². The molecule has 1 aliphatic heterocycles. The van der Waals surface area contributed by atoms with Crippen molar-refractivity contribution in [3.63, 3.8) is 0 Å². The Balaban J connectivity index is 1.69. The maximum Gasteiger partial charge on any atom is 0.263 e. The Morgan fingerprint density at radius 2 is 2.00 bits per heavy atom. The van der Waals surface area contributed by atoms with Crippen LogP contribution in [0.25, 0.3) is 22.2 Å². The van der Waals surface area contributed by atoms with Crippen LogP contribution in [-0.4, -0.2) is 44.0 Å². The van der Waals surface area contributed by atoms with Crippen molar-refractivity contribution < 1.29 is 9.13 Å². The zero-order valence-corrected chi connectivity index (χ0v) is 20.1. The second-order valence-electron chi connectivity index (χ2n) is 8.77. The van der Waals surface area contributed by atoms with Gasteiger partial charge in [0, 0.05) is 49.1 Å². The maximum atomic E-state index is 15.0. The number of fused-ring (bicyclic) bond motifs is 1. The van der Waals surface area contributed by atoms with E-state index in [1.54, 1.807) is 43.0 Å². The number of aryl methyl sites for hydroxylation is 2. The molecule has 1 aromatic carbocycles. The Bertz CT molecular complexity index is 1480. The Kier molecular flexibility index (Phi) is 5.41. The van der Waals surface area contributed by atoms with Crippen LogP contribution >= 0.6 is 11.6 Å². The van der Waals surface area contributed by atoms with E-state index in [0.717, 1.165) is 5.56 Å². The highest BCUT2D eigenvalue weighted by atomic mass is 35.5. The molecule has 176 valence electrons. The number of rotatable bonds is 3. The van der Waals surface area contributed by atoms with Crippen molar-refractivity contribution in [2.45, 2.75) is 19.4 Å². The first-order valence-corrected chi connectivity index (χ1v) is 11.3. The van der Waals surface area contributed by atoms with Crippen LogP contribution in [0.2, 0.25) is 5.02 Å². The number of benzene rings is 1. The van der Waals surface area contributed by atoms with Gasteiger partial charge in [-0.2, -0.15) is 5.10 Å². The van der Waals surface area contributed by atoms with Crippen molar-refractivity contribution in [2.24, 2.45) is 14.1 Å². The summed E-state index contributed by atoms with van der Waals surface area (Å²) in [5, 5.41) is 4.81. The first-order chi connectivity index (χ1) is 16.2. The monoisotopic (exact) mass is 482 g/mol. The van der Waals surface area contributed by atoms with E-state index in [1.165, 1.54) is 10.6 Å². The van der Waals surface area contributed by atoms with Crippen LogP contribution in [0.3, 0.4) is 0 Å². The standard InChI is InChI=1S/C24H24ClFN6O2/c1-14-28-19-10-20(32-7-8-34-24(2,13-32)15-11-27-30(3)12-15)29-22(21(19)23(33)31(14)4)17-6-5-16(25)9-18(17)26/h5-6,9-12H,7-8,13H2,1-4H3. The SMILES string of the molecule is Cc1nc2cc(N3CCOC(C)(c4cnn(C)c4)C3)nc(-c3ccc(Cl)cc3F)c2c(=O)n1C. The molecule has 10 heteroatoms. The van der Waals surface area contributed by atoms with Crippen molar-refractivity contribution in [1.82, 2.24) is 24.3 Å². The van der Waals surface area contributed by atoms with Gasteiger partial charge in [0.25, 0.3) is 5.56 Å². The fourth-order valence-electron chi connectivity index (χ4n) is 4.35. The first-order valence-electron chi connectivity index (χ1n) is 10.9. The van der Waals surface area contributed by atoms with Gasteiger partial charge in [-0.25, -0.2) is 14.4 Å². The molecule has 0 radical (unpaired) electrons. The summed E-state index contributed by atoms with van der Waals surface area (Å²) in [6.45, 7) is 5.33. The molecular weight excluding hydrogens is 459 g/mol.